The summed E-state index contributed by atoms with van der Waals surface area (Å²) in [6, 6.07) is 20.8. The lowest BCUT2D eigenvalue weighted by Crippen LogP contribution is -2.53. The van der Waals surface area contributed by atoms with Crippen LogP contribution < -0.4 is 9.62 Å². The van der Waals surface area contributed by atoms with Crippen molar-refractivity contribution in [2.75, 3.05) is 24.2 Å². The monoisotopic (exact) mass is 605 g/mol. The van der Waals surface area contributed by atoms with E-state index in [2.05, 4.69) is 21.2 Å². The van der Waals surface area contributed by atoms with Gasteiger partial charge in [-0.15, -0.1) is 0 Å². The van der Waals surface area contributed by atoms with E-state index in [1.54, 1.807) is 19.1 Å². The van der Waals surface area contributed by atoms with Gasteiger partial charge in [0.05, 0.1) is 11.9 Å². The van der Waals surface area contributed by atoms with Crippen LogP contribution in [0.25, 0.3) is 0 Å². The molecule has 0 aromatic heterocycles. The molecule has 1 N–H and O–H groups in total. The van der Waals surface area contributed by atoms with Crippen LogP contribution in [0.15, 0.2) is 77.3 Å². The molecule has 0 aliphatic carbocycles. The first-order valence-corrected chi connectivity index (χ1v) is 14.5. The number of likely N-dealkylation sites (N-methyl/N-ethyl adjacent to an activating group) is 1. The smallest absolute Gasteiger partial charge is 0.244 e. The molecule has 0 aliphatic heterocycles. The molecule has 196 valence electrons. The minimum absolute atomic E-state index is 0.106. The van der Waals surface area contributed by atoms with E-state index in [4.69, 9.17) is 11.6 Å². The van der Waals surface area contributed by atoms with E-state index in [9.17, 15) is 18.0 Å². The van der Waals surface area contributed by atoms with E-state index in [1.807, 2.05) is 54.6 Å². The van der Waals surface area contributed by atoms with Gasteiger partial charge < -0.3 is 10.2 Å². The van der Waals surface area contributed by atoms with Crippen molar-refractivity contribution in [2.45, 2.75) is 25.9 Å². The largest absolute Gasteiger partial charge is 0.357 e. The number of carbonyl (C=O) groups excluding carboxylic acids is 2. The molecule has 2 amide bonds. The number of rotatable bonds is 10. The van der Waals surface area contributed by atoms with Crippen LogP contribution in [0.3, 0.4) is 0 Å². The summed E-state index contributed by atoms with van der Waals surface area (Å²) >= 11 is 9.61. The van der Waals surface area contributed by atoms with Crippen LogP contribution in [-0.2, 0) is 32.6 Å². The first-order chi connectivity index (χ1) is 17.5. The highest BCUT2D eigenvalue weighted by Crippen LogP contribution is 2.27. The Morgan fingerprint density at radius 1 is 1.00 bits per heavy atom. The molecule has 0 heterocycles. The Hall–Kier alpha value is -2.88. The predicted octanol–water partition coefficient (Wildman–Crippen LogP) is 4.56. The van der Waals surface area contributed by atoms with Gasteiger partial charge >= 0.3 is 0 Å². The van der Waals surface area contributed by atoms with Crippen molar-refractivity contribution < 1.29 is 18.0 Å². The minimum atomic E-state index is -3.86. The molecule has 10 heteroatoms. The van der Waals surface area contributed by atoms with E-state index in [0.717, 1.165) is 26.2 Å². The highest BCUT2D eigenvalue weighted by molar-refractivity contribution is 9.10. The molecule has 0 unspecified atom stereocenters. The average molecular weight is 607 g/mol. The van der Waals surface area contributed by atoms with Gasteiger partial charge in [-0.25, -0.2) is 8.42 Å². The summed E-state index contributed by atoms with van der Waals surface area (Å²) in [4.78, 5) is 28.4. The third-order valence-electron chi connectivity index (χ3n) is 5.88. The van der Waals surface area contributed by atoms with Gasteiger partial charge in [-0.1, -0.05) is 76.1 Å². The lowest BCUT2D eigenvalue weighted by molar-refractivity contribution is -0.139. The molecule has 3 aromatic carbocycles. The first kappa shape index (κ1) is 28.7. The molecular weight excluding hydrogens is 578 g/mol. The molecule has 0 saturated carbocycles. The molecule has 37 heavy (non-hydrogen) atoms. The maximum atomic E-state index is 13.9. The van der Waals surface area contributed by atoms with Crippen molar-refractivity contribution in [3.63, 3.8) is 0 Å². The zero-order valence-electron chi connectivity index (χ0n) is 20.8. The quantitative estimate of drug-likeness (QED) is 0.367. The number of halogens is 2. The second-order valence-electron chi connectivity index (χ2n) is 8.67. The van der Waals surface area contributed by atoms with Crippen molar-refractivity contribution in [1.29, 1.82) is 0 Å². The van der Waals surface area contributed by atoms with Crippen molar-refractivity contribution in [1.82, 2.24) is 10.2 Å². The van der Waals surface area contributed by atoms with E-state index >= 15 is 0 Å². The van der Waals surface area contributed by atoms with Gasteiger partial charge in [-0.05, 0) is 47.9 Å². The molecule has 0 saturated heterocycles. The van der Waals surface area contributed by atoms with Crippen LogP contribution in [0, 0.1) is 6.92 Å². The molecular formula is C27H29BrClN3O4S. The Bertz CT molecular complexity index is 1370. The number of amides is 2. The number of anilines is 1. The topological polar surface area (TPSA) is 86.8 Å². The Kier molecular flexibility index (Phi) is 9.75. The van der Waals surface area contributed by atoms with E-state index < -0.39 is 28.5 Å². The van der Waals surface area contributed by atoms with Crippen LogP contribution in [0.4, 0.5) is 5.69 Å². The van der Waals surface area contributed by atoms with E-state index in [0.29, 0.717) is 16.3 Å². The fourth-order valence-electron chi connectivity index (χ4n) is 4.00. The zero-order chi connectivity index (χ0) is 27.2. The Morgan fingerprint density at radius 2 is 1.68 bits per heavy atom. The maximum absolute atomic E-state index is 13.9. The Balaban J connectivity index is 2.06. The second-order valence-corrected chi connectivity index (χ2v) is 11.9. The van der Waals surface area contributed by atoms with E-state index in [1.165, 1.54) is 18.0 Å². The number of benzene rings is 3. The number of hydrogen-bond donors (Lipinski definition) is 1. The number of nitrogens with one attached hydrogen (secondary N) is 1. The SMILES string of the molecule is CNC(=O)[C@@H](Cc1ccccc1)N(Cc1cccc(Br)c1)C(=O)CN(c1cc(Cl)ccc1C)S(C)(=O)=O. The van der Waals surface area contributed by atoms with Crippen LogP contribution in [-0.4, -0.2) is 51.0 Å². The lowest BCUT2D eigenvalue weighted by Gasteiger charge is -2.33. The van der Waals surface area contributed by atoms with Gasteiger partial charge in [-0.2, -0.15) is 0 Å². The van der Waals surface area contributed by atoms with Crippen LogP contribution in [0.5, 0.6) is 0 Å². The van der Waals surface area contributed by atoms with Crippen molar-refractivity contribution >= 4 is 55.1 Å². The molecule has 0 bridgehead atoms. The summed E-state index contributed by atoms with van der Waals surface area (Å²) in [6.45, 7) is 1.36. The van der Waals surface area contributed by atoms with Gasteiger partial charge in [-0.3, -0.25) is 13.9 Å². The first-order valence-electron chi connectivity index (χ1n) is 11.5. The van der Waals surface area contributed by atoms with Gasteiger partial charge in [0.15, 0.2) is 0 Å². The fraction of sp³-hybridized carbons (Fsp3) is 0.259. The van der Waals surface area contributed by atoms with Gasteiger partial charge in [0.25, 0.3) is 0 Å². The number of hydrogen-bond acceptors (Lipinski definition) is 4. The maximum Gasteiger partial charge on any atom is 0.244 e. The third kappa shape index (κ3) is 7.80. The zero-order valence-corrected chi connectivity index (χ0v) is 24.0. The standard InChI is InChI=1S/C27H29BrClN3O4S/c1-19-12-13-23(29)16-24(19)32(37(3,35)36)18-26(33)31(17-21-10-7-11-22(28)14-21)25(27(34)30-2)15-20-8-5-4-6-9-20/h4-14,16,25H,15,17-18H2,1-3H3,(H,30,34)/t25-/m1/s1. The number of aryl methyl sites for hydroxylation is 1. The molecule has 3 aromatic rings. The molecule has 0 fully saturated rings. The molecule has 7 nitrogen and oxygen atoms in total. The lowest BCUT2D eigenvalue weighted by atomic mass is 10.0. The summed E-state index contributed by atoms with van der Waals surface area (Å²) in [5.41, 5.74) is 2.61. The Labute approximate surface area is 231 Å². The number of carbonyl (C=O) groups is 2. The second kappa shape index (κ2) is 12.6. The van der Waals surface area contributed by atoms with Gasteiger partial charge in [0, 0.05) is 29.5 Å². The van der Waals surface area contributed by atoms with Crippen molar-refractivity contribution in [3.05, 3.63) is 99.0 Å². The number of sulfonamides is 1. The molecule has 0 spiro atoms. The van der Waals surface area contributed by atoms with Crippen LogP contribution in [0.1, 0.15) is 16.7 Å². The normalized spacial score (nSPS) is 12.0. The summed E-state index contributed by atoms with van der Waals surface area (Å²) in [7, 11) is -2.34. The summed E-state index contributed by atoms with van der Waals surface area (Å²) in [6.07, 6.45) is 1.30. The third-order valence-corrected chi connectivity index (χ3v) is 7.73. The number of nitrogens with zero attached hydrogens (tertiary/aromatic N) is 2. The van der Waals surface area contributed by atoms with Gasteiger partial charge in [0.2, 0.25) is 21.8 Å². The highest BCUT2D eigenvalue weighted by Gasteiger charge is 2.33. The molecule has 0 radical (unpaired) electrons. The van der Waals surface area contributed by atoms with Crippen LogP contribution >= 0.6 is 27.5 Å². The van der Waals surface area contributed by atoms with Crippen molar-refractivity contribution in [2.24, 2.45) is 0 Å². The summed E-state index contributed by atoms with van der Waals surface area (Å²) in [5, 5.41) is 3.01. The fourth-order valence-corrected chi connectivity index (χ4v) is 5.51. The highest BCUT2D eigenvalue weighted by atomic mass is 79.9. The molecule has 1 atom stereocenters. The van der Waals surface area contributed by atoms with Crippen LogP contribution in [0.2, 0.25) is 5.02 Å². The summed E-state index contributed by atoms with van der Waals surface area (Å²) < 4.78 is 27.5. The molecule has 3 rings (SSSR count). The van der Waals surface area contributed by atoms with Gasteiger partial charge in [0.1, 0.15) is 12.6 Å². The minimum Gasteiger partial charge on any atom is -0.357 e. The Morgan fingerprint density at radius 3 is 2.30 bits per heavy atom. The molecule has 0 aliphatic rings. The van der Waals surface area contributed by atoms with E-state index in [-0.39, 0.29) is 18.9 Å². The van der Waals surface area contributed by atoms with Crippen molar-refractivity contribution in [3.8, 4) is 0 Å². The summed E-state index contributed by atoms with van der Waals surface area (Å²) in [5.74, 6) is -0.869. The predicted molar refractivity (Wildman–Crippen MR) is 151 cm³/mol. The average Bonchev–Trinajstić information content (AvgIpc) is 2.85.